The van der Waals surface area contributed by atoms with Crippen LogP contribution >= 0.6 is 0 Å². The Morgan fingerprint density at radius 1 is 0.436 bits per heavy atom. The third-order valence-corrected chi connectivity index (χ3v) is 8.00. The molecule has 6 aromatic carbocycles. The van der Waals surface area contributed by atoms with Crippen LogP contribution in [0.5, 0.6) is 0 Å². The molecular weight excluding hydrogens is 472 g/mol. The molecule has 39 heavy (non-hydrogen) atoms. The second kappa shape index (κ2) is 8.47. The molecule has 2 heterocycles. The van der Waals surface area contributed by atoms with E-state index in [2.05, 4.69) is 156 Å². The zero-order valence-corrected chi connectivity index (χ0v) is 21.7. The van der Waals surface area contributed by atoms with Crippen molar-refractivity contribution < 1.29 is 0 Å². The minimum absolute atomic E-state index is 1.15. The molecule has 1 aromatic heterocycles. The summed E-state index contributed by atoms with van der Waals surface area (Å²) in [5.41, 5.74) is 13.4. The van der Waals surface area contributed by atoms with Crippen LogP contribution in [0.15, 0.2) is 140 Å². The van der Waals surface area contributed by atoms with Crippen molar-refractivity contribution in [1.29, 1.82) is 0 Å². The van der Waals surface area contributed by atoms with Crippen molar-refractivity contribution in [2.45, 2.75) is 6.92 Å². The Kier molecular flexibility index (Phi) is 4.77. The molecule has 184 valence electrons. The average molecular weight is 499 g/mol. The number of anilines is 3. The van der Waals surface area contributed by atoms with Gasteiger partial charge >= 0.3 is 0 Å². The van der Waals surface area contributed by atoms with Gasteiger partial charge in [-0.3, -0.25) is 0 Å². The van der Waals surface area contributed by atoms with Gasteiger partial charge < -0.3 is 9.47 Å². The van der Waals surface area contributed by atoms with Crippen molar-refractivity contribution in [2.75, 3.05) is 4.90 Å². The second-order valence-electron chi connectivity index (χ2n) is 10.3. The van der Waals surface area contributed by atoms with Crippen LogP contribution in [0.1, 0.15) is 5.56 Å². The molecule has 1 aliphatic rings. The molecule has 0 aliphatic carbocycles. The van der Waals surface area contributed by atoms with Crippen LogP contribution in [0.25, 0.3) is 49.7 Å². The fourth-order valence-electron chi connectivity index (χ4n) is 6.30. The van der Waals surface area contributed by atoms with Crippen LogP contribution in [-0.4, -0.2) is 4.57 Å². The van der Waals surface area contributed by atoms with E-state index in [1.807, 2.05) is 0 Å². The van der Waals surface area contributed by atoms with Crippen LogP contribution in [0.4, 0.5) is 17.1 Å². The van der Waals surface area contributed by atoms with E-state index in [1.54, 1.807) is 0 Å². The summed E-state index contributed by atoms with van der Waals surface area (Å²) in [5, 5.41) is 2.54. The highest BCUT2D eigenvalue weighted by molar-refractivity contribution is 6.21. The number of hydrogen-bond donors (Lipinski definition) is 0. The standard InChI is InChI=1S/C37H26N2/c1-25-19-21-27(22-20-25)39-33-18-10-8-16-31(33)37-35(39)24-23-34-36(37)30-15-6-5-13-28(30)29-14-7-9-17-32(29)38(34)26-11-3-2-4-12-26/h2-24H,1H3. The van der Waals surface area contributed by atoms with Crippen LogP contribution in [0, 0.1) is 6.92 Å². The number of aromatic nitrogens is 1. The van der Waals surface area contributed by atoms with Crippen molar-refractivity contribution in [2.24, 2.45) is 0 Å². The summed E-state index contributed by atoms with van der Waals surface area (Å²) in [6, 6.07) is 50.7. The SMILES string of the molecule is Cc1ccc(-n2c3ccccc3c3c4c(ccc32)N(c2ccccc2)c2ccccc2-c2ccccc2-4)cc1. The number of para-hydroxylation sites is 3. The summed E-state index contributed by atoms with van der Waals surface area (Å²) < 4.78 is 2.41. The largest absolute Gasteiger partial charge is 0.309 e. The number of nitrogens with zero attached hydrogens (tertiary/aromatic N) is 2. The molecule has 0 fully saturated rings. The van der Waals surface area contributed by atoms with Gasteiger partial charge in [0.25, 0.3) is 0 Å². The lowest BCUT2D eigenvalue weighted by Crippen LogP contribution is -2.10. The van der Waals surface area contributed by atoms with Crippen molar-refractivity contribution in [3.05, 3.63) is 145 Å². The molecule has 0 amide bonds. The minimum Gasteiger partial charge on any atom is -0.309 e. The number of aryl methyl sites for hydroxylation is 1. The van der Waals surface area contributed by atoms with E-state index in [4.69, 9.17) is 0 Å². The molecule has 8 rings (SSSR count). The van der Waals surface area contributed by atoms with Crippen molar-refractivity contribution in [1.82, 2.24) is 4.57 Å². The second-order valence-corrected chi connectivity index (χ2v) is 10.3. The van der Waals surface area contributed by atoms with Crippen LogP contribution < -0.4 is 4.90 Å². The van der Waals surface area contributed by atoms with Gasteiger partial charge in [0.15, 0.2) is 0 Å². The van der Waals surface area contributed by atoms with Gasteiger partial charge in [-0.2, -0.15) is 0 Å². The molecule has 0 N–H and O–H groups in total. The fourth-order valence-corrected chi connectivity index (χ4v) is 6.30. The number of benzene rings is 6. The monoisotopic (exact) mass is 498 g/mol. The van der Waals surface area contributed by atoms with Gasteiger partial charge in [0.05, 0.1) is 22.4 Å². The number of hydrogen-bond acceptors (Lipinski definition) is 1. The third-order valence-electron chi connectivity index (χ3n) is 8.00. The van der Waals surface area contributed by atoms with E-state index < -0.39 is 0 Å². The lowest BCUT2D eigenvalue weighted by atomic mass is 9.92. The molecule has 2 nitrogen and oxygen atoms in total. The first kappa shape index (κ1) is 22.0. The third kappa shape index (κ3) is 3.22. The maximum atomic E-state index is 2.43. The summed E-state index contributed by atoms with van der Waals surface area (Å²) in [5.74, 6) is 0. The molecule has 1 aliphatic heterocycles. The van der Waals surface area contributed by atoms with E-state index in [9.17, 15) is 0 Å². The zero-order chi connectivity index (χ0) is 25.9. The lowest BCUT2D eigenvalue weighted by Gasteiger charge is -2.27. The van der Waals surface area contributed by atoms with Gasteiger partial charge in [0.2, 0.25) is 0 Å². The average Bonchev–Trinajstić information content (AvgIpc) is 3.26. The Morgan fingerprint density at radius 2 is 1.10 bits per heavy atom. The van der Waals surface area contributed by atoms with Crippen LogP contribution in [0.3, 0.4) is 0 Å². The zero-order valence-electron chi connectivity index (χ0n) is 21.7. The molecule has 0 saturated heterocycles. The molecule has 2 heteroatoms. The van der Waals surface area contributed by atoms with Crippen LogP contribution in [-0.2, 0) is 0 Å². The van der Waals surface area contributed by atoms with Gasteiger partial charge in [-0.05, 0) is 66.6 Å². The van der Waals surface area contributed by atoms with Gasteiger partial charge in [-0.15, -0.1) is 0 Å². The van der Waals surface area contributed by atoms with Crippen LogP contribution in [0.2, 0.25) is 0 Å². The number of fused-ring (bicyclic) bond motifs is 9. The Bertz CT molecular complexity index is 2010. The van der Waals surface area contributed by atoms with Gasteiger partial charge in [0, 0.05) is 33.3 Å². The molecule has 0 spiro atoms. The Labute approximate surface area is 228 Å². The number of rotatable bonds is 2. The highest BCUT2D eigenvalue weighted by Crippen LogP contribution is 2.54. The molecule has 0 bridgehead atoms. The van der Waals surface area contributed by atoms with E-state index in [1.165, 1.54) is 66.7 Å². The van der Waals surface area contributed by atoms with E-state index in [0.29, 0.717) is 0 Å². The lowest BCUT2D eigenvalue weighted by molar-refractivity contribution is 1.17. The van der Waals surface area contributed by atoms with E-state index >= 15 is 0 Å². The summed E-state index contributed by atoms with van der Waals surface area (Å²) in [6.45, 7) is 2.14. The molecule has 0 unspecified atom stereocenters. The Hall–Kier alpha value is -5.08. The smallest absolute Gasteiger partial charge is 0.0548 e. The maximum absolute atomic E-state index is 2.43. The molecular formula is C37H26N2. The quantitative estimate of drug-likeness (QED) is 0.230. The first-order valence-electron chi connectivity index (χ1n) is 13.5. The van der Waals surface area contributed by atoms with Crippen molar-refractivity contribution in [3.8, 4) is 27.9 Å². The predicted molar refractivity (Wildman–Crippen MR) is 165 cm³/mol. The van der Waals surface area contributed by atoms with Gasteiger partial charge in [-0.25, -0.2) is 0 Å². The first-order valence-corrected chi connectivity index (χ1v) is 13.5. The molecule has 0 radical (unpaired) electrons. The van der Waals surface area contributed by atoms with E-state index in [0.717, 1.165) is 5.69 Å². The topological polar surface area (TPSA) is 8.17 Å². The minimum atomic E-state index is 1.15. The summed E-state index contributed by atoms with van der Waals surface area (Å²) in [4.78, 5) is 2.43. The molecule has 0 saturated carbocycles. The van der Waals surface area contributed by atoms with Gasteiger partial charge in [0.1, 0.15) is 0 Å². The fraction of sp³-hybridized carbons (Fsp3) is 0.0270. The highest BCUT2D eigenvalue weighted by Gasteiger charge is 2.29. The summed E-state index contributed by atoms with van der Waals surface area (Å²) >= 11 is 0. The molecule has 7 aromatic rings. The van der Waals surface area contributed by atoms with Crippen molar-refractivity contribution in [3.63, 3.8) is 0 Å². The Balaban J connectivity index is 1.58. The normalized spacial score (nSPS) is 12.2. The summed E-state index contributed by atoms with van der Waals surface area (Å²) in [6.07, 6.45) is 0. The Morgan fingerprint density at radius 3 is 1.92 bits per heavy atom. The molecule has 0 atom stereocenters. The highest BCUT2D eigenvalue weighted by atomic mass is 15.2. The van der Waals surface area contributed by atoms with Gasteiger partial charge in [-0.1, -0.05) is 96.6 Å². The first-order chi connectivity index (χ1) is 19.3. The van der Waals surface area contributed by atoms with E-state index in [-0.39, 0.29) is 0 Å². The predicted octanol–water partition coefficient (Wildman–Crippen LogP) is 10.2. The van der Waals surface area contributed by atoms with Crippen molar-refractivity contribution >= 4 is 38.9 Å². The summed E-state index contributed by atoms with van der Waals surface area (Å²) in [7, 11) is 0. The maximum Gasteiger partial charge on any atom is 0.0548 e.